The van der Waals surface area contributed by atoms with E-state index in [1.165, 1.54) is 16.8 Å². The fraction of sp³-hybridized carbons (Fsp3) is 0.364. The van der Waals surface area contributed by atoms with Gasteiger partial charge in [0.05, 0.1) is 6.54 Å². The highest BCUT2D eigenvalue weighted by atomic mass is 19.1. The molecule has 0 atom stereocenters. The van der Waals surface area contributed by atoms with Crippen LogP contribution in [0.1, 0.15) is 18.6 Å². The van der Waals surface area contributed by atoms with Crippen molar-refractivity contribution < 1.29 is 4.39 Å². The smallest absolute Gasteiger partial charge is 0.251 e. The van der Waals surface area contributed by atoms with E-state index < -0.39 is 5.82 Å². The topological polar surface area (TPSA) is 52.7 Å². The molecular weight excluding hydrogens is 223 g/mol. The van der Waals surface area contributed by atoms with E-state index >= 15 is 0 Å². The van der Waals surface area contributed by atoms with E-state index in [0.717, 1.165) is 18.4 Å². The highest BCUT2D eigenvalue weighted by molar-refractivity contribution is 5.00. The molecule has 0 aliphatic heterocycles. The molecule has 0 radical (unpaired) electrons. The normalized spacial score (nSPS) is 10.8. The van der Waals surface area contributed by atoms with Gasteiger partial charge in [0.2, 0.25) is 0 Å². The number of nitrogens with zero attached hydrogens (tertiary/aromatic N) is 4. The van der Waals surface area contributed by atoms with Crippen LogP contribution in [0.5, 0.6) is 0 Å². The first-order chi connectivity index (χ1) is 8.11. The molecule has 17 heavy (non-hydrogen) atoms. The summed E-state index contributed by atoms with van der Waals surface area (Å²) in [6.07, 6.45) is 1.17. The van der Waals surface area contributed by atoms with Crippen molar-refractivity contribution in [3.63, 3.8) is 0 Å². The zero-order chi connectivity index (χ0) is 12.4. The molecular formula is C11H13FN4O. The largest absolute Gasteiger partial charge is 0.314 e. The second kappa shape index (κ2) is 4.48. The van der Waals surface area contributed by atoms with E-state index in [1.54, 1.807) is 0 Å². The van der Waals surface area contributed by atoms with Gasteiger partial charge in [-0.25, -0.2) is 4.39 Å². The molecule has 0 amide bonds. The van der Waals surface area contributed by atoms with Crippen LogP contribution in [-0.2, 0) is 13.1 Å². The molecule has 6 heteroatoms. The Morgan fingerprint density at radius 3 is 2.82 bits per heavy atom. The lowest BCUT2D eigenvalue weighted by Gasteiger charge is -2.07. The van der Waals surface area contributed by atoms with Gasteiger partial charge in [0, 0.05) is 18.8 Å². The van der Waals surface area contributed by atoms with E-state index in [2.05, 4.69) is 10.2 Å². The molecule has 0 saturated heterocycles. The van der Waals surface area contributed by atoms with E-state index in [9.17, 15) is 9.18 Å². The van der Waals surface area contributed by atoms with Gasteiger partial charge in [0.15, 0.2) is 5.82 Å². The van der Waals surface area contributed by atoms with Gasteiger partial charge < -0.3 is 9.13 Å². The minimum atomic E-state index is -0.441. The molecule has 0 N–H and O–H groups in total. The van der Waals surface area contributed by atoms with E-state index in [4.69, 9.17) is 0 Å². The highest BCUT2D eigenvalue weighted by Gasteiger charge is 2.08. The van der Waals surface area contributed by atoms with Crippen molar-refractivity contribution in [3.05, 3.63) is 46.1 Å². The van der Waals surface area contributed by atoms with Gasteiger partial charge in [-0.1, -0.05) is 0 Å². The lowest BCUT2D eigenvalue weighted by molar-refractivity contribution is 0.578. The molecule has 2 heterocycles. The average Bonchev–Trinajstić information content (AvgIpc) is 2.64. The predicted molar refractivity (Wildman–Crippen MR) is 60.2 cm³/mol. The Hall–Kier alpha value is -1.98. The van der Waals surface area contributed by atoms with Crippen molar-refractivity contribution in [2.45, 2.75) is 26.9 Å². The van der Waals surface area contributed by atoms with Crippen molar-refractivity contribution in [3.8, 4) is 0 Å². The summed E-state index contributed by atoms with van der Waals surface area (Å²) in [5.41, 5.74) is -0.255. The quantitative estimate of drug-likeness (QED) is 0.797. The molecule has 0 saturated carbocycles. The van der Waals surface area contributed by atoms with E-state index in [1.807, 2.05) is 18.4 Å². The summed E-state index contributed by atoms with van der Waals surface area (Å²) in [5.74, 6) is 0.994. The minimum absolute atomic E-state index is 0.227. The molecule has 2 aromatic heterocycles. The number of aryl methyl sites for hydroxylation is 1. The van der Waals surface area contributed by atoms with E-state index in [-0.39, 0.29) is 12.1 Å². The van der Waals surface area contributed by atoms with Gasteiger partial charge in [0.1, 0.15) is 11.6 Å². The second-order valence-corrected chi connectivity index (χ2v) is 3.72. The van der Waals surface area contributed by atoms with Crippen LogP contribution in [0.25, 0.3) is 0 Å². The molecule has 0 aliphatic rings. The maximum atomic E-state index is 13.0. The Kier molecular flexibility index (Phi) is 3.03. The average molecular weight is 236 g/mol. The summed E-state index contributed by atoms with van der Waals surface area (Å²) in [6.45, 7) is 4.76. The number of aromatic nitrogens is 4. The van der Waals surface area contributed by atoms with Crippen LogP contribution >= 0.6 is 0 Å². The summed E-state index contributed by atoms with van der Waals surface area (Å²) < 4.78 is 16.2. The van der Waals surface area contributed by atoms with Crippen LogP contribution in [0.3, 0.4) is 0 Å². The number of pyridine rings is 1. The molecule has 0 aliphatic carbocycles. The van der Waals surface area contributed by atoms with Crippen molar-refractivity contribution in [1.82, 2.24) is 19.3 Å². The maximum absolute atomic E-state index is 13.0. The van der Waals surface area contributed by atoms with Crippen LogP contribution in [0.4, 0.5) is 4.39 Å². The minimum Gasteiger partial charge on any atom is -0.314 e. The molecule has 2 rings (SSSR count). The number of hydrogen-bond acceptors (Lipinski definition) is 3. The third-order valence-corrected chi connectivity index (χ3v) is 2.59. The summed E-state index contributed by atoms with van der Waals surface area (Å²) in [7, 11) is 0. The molecule has 0 bridgehead atoms. The van der Waals surface area contributed by atoms with Crippen molar-refractivity contribution in [1.29, 1.82) is 0 Å². The zero-order valence-corrected chi connectivity index (χ0v) is 9.72. The summed E-state index contributed by atoms with van der Waals surface area (Å²) >= 11 is 0. The molecule has 0 aromatic carbocycles. The van der Waals surface area contributed by atoms with Crippen molar-refractivity contribution >= 4 is 0 Å². The van der Waals surface area contributed by atoms with Crippen molar-refractivity contribution in [2.24, 2.45) is 0 Å². The molecule has 2 aromatic rings. The zero-order valence-electron chi connectivity index (χ0n) is 9.72. The Morgan fingerprint density at radius 1 is 1.35 bits per heavy atom. The molecule has 0 spiro atoms. The Labute approximate surface area is 97.5 Å². The fourth-order valence-corrected chi connectivity index (χ4v) is 1.73. The number of hydrogen-bond donors (Lipinski definition) is 0. The second-order valence-electron chi connectivity index (χ2n) is 3.72. The monoisotopic (exact) mass is 236 g/mol. The third kappa shape index (κ3) is 2.25. The standard InChI is InChI=1S/C11H13FN4O/c1-3-16-8(2)13-14-10(16)7-15-6-9(12)4-5-11(15)17/h4-6H,3,7H2,1-2H3. The first-order valence-corrected chi connectivity index (χ1v) is 5.36. The van der Waals surface area contributed by atoms with Gasteiger partial charge >= 0.3 is 0 Å². The van der Waals surface area contributed by atoms with Crippen LogP contribution in [0.2, 0.25) is 0 Å². The van der Waals surface area contributed by atoms with Crippen LogP contribution in [0, 0.1) is 12.7 Å². The summed E-state index contributed by atoms with van der Waals surface area (Å²) in [4.78, 5) is 11.5. The number of rotatable bonds is 3. The molecule has 0 unspecified atom stereocenters. The Balaban J connectivity index is 2.37. The summed E-state index contributed by atoms with van der Waals surface area (Å²) in [6, 6.07) is 2.35. The summed E-state index contributed by atoms with van der Waals surface area (Å²) in [5, 5.41) is 7.92. The van der Waals surface area contributed by atoms with Crippen molar-refractivity contribution in [2.75, 3.05) is 0 Å². The van der Waals surface area contributed by atoms with Gasteiger partial charge in [-0.3, -0.25) is 4.79 Å². The van der Waals surface area contributed by atoms with Gasteiger partial charge in [0.25, 0.3) is 5.56 Å². The fourth-order valence-electron chi connectivity index (χ4n) is 1.73. The molecule has 5 nitrogen and oxygen atoms in total. The van der Waals surface area contributed by atoms with Crippen LogP contribution in [-0.4, -0.2) is 19.3 Å². The maximum Gasteiger partial charge on any atom is 0.251 e. The highest BCUT2D eigenvalue weighted by Crippen LogP contribution is 2.03. The Morgan fingerprint density at radius 2 is 2.12 bits per heavy atom. The van der Waals surface area contributed by atoms with Gasteiger partial charge in [-0.15, -0.1) is 10.2 Å². The SMILES string of the molecule is CCn1c(C)nnc1Cn1cc(F)ccc1=O. The van der Waals surface area contributed by atoms with E-state index in [0.29, 0.717) is 5.82 Å². The van der Waals surface area contributed by atoms with Crippen LogP contribution < -0.4 is 5.56 Å². The lowest BCUT2D eigenvalue weighted by atomic mass is 10.4. The third-order valence-electron chi connectivity index (χ3n) is 2.59. The first kappa shape index (κ1) is 11.5. The van der Waals surface area contributed by atoms with Gasteiger partial charge in [-0.2, -0.15) is 0 Å². The number of halogens is 1. The predicted octanol–water partition coefficient (Wildman–Crippen LogP) is 0.956. The lowest BCUT2D eigenvalue weighted by Crippen LogP contribution is -2.21. The van der Waals surface area contributed by atoms with Gasteiger partial charge in [-0.05, 0) is 19.9 Å². The Bertz CT molecular complexity index is 587. The first-order valence-electron chi connectivity index (χ1n) is 5.36. The molecule has 90 valence electrons. The van der Waals surface area contributed by atoms with Crippen LogP contribution in [0.15, 0.2) is 23.1 Å². The molecule has 0 fully saturated rings.